The Hall–Kier alpha value is -2.52. The summed E-state index contributed by atoms with van der Waals surface area (Å²) in [5.74, 6) is -2.56. The third-order valence-corrected chi connectivity index (χ3v) is 5.93. The van der Waals surface area contributed by atoms with Crippen molar-refractivity contribution < 1.29 is 17.8 Å². The maximum Gasteiger partial charge on any atom is 0.272 e. The van der Waals surface area contributed by atoms with Crippen molar-refractivity contribution in [2.24, 2.45) is 13.0 Å². The van der Waals surface area contributed by atoms with Gasteiger partial charge < -0.3 is 9.88 Å². The standard InChI is InChI=1S/C18H20F2N4O2S/c1-10(2)15-7-5-12-16(27(21,26)23-15)9-24(3)17(12)18(25)22-11-4-6-13(19)14(20)8-11/h4-10,15H,1-3H3,(H,22,25)(H2,21,23,26). The van der Waals surface area contributed by atoms with Crippen molar-refractivity contribution >= 4 is 27.6 Å². The molecule has 1 aromatic heterocycles. The lowest BCUT2D eigenvalue weighted by atomic mass is 10.0. The highest BCUT2D eigenvalue weighted by atomic mass is 32.2. The van der Waals surface area contributed by atoms with Crippen LogP contribution in [-0.4, -0.2) is 20.7 Å². The third kappa shape index (κ3) is 3.65. The molecule has 6 nitrogen and oxygen atoms in total. The summed E-state index contributed by atoms with van der Waals surface area (Å²) < 4.78 is 51.9. The van der Waals surface area contributed by atoms with Gasteiger partial charge in [0.25, 0.3) is 5.91 Å². The number of aryl methyl sites for hydroxylation is 1. The molecule has 0 fully saturated rings. The number of nitrogens with zero attached hydrogens (tertiary/aromatic N) is 1. The average Bonchev–Trinajstić information content (AvgIpc) is 2.85. The Kier molecular flexibility index (Phi) is 4.92. The van der Waals surface area contributed by atoms with Gasteiger partial charge in [-0.1, -0.05) is 26.0 Å². The molecular weight excluding hydrogens is 374 g/mol. The number of anilines is 1. The number of hydrogen-bond acceptors (Lipinski definition) is 3. The molecule has 1 aromatic carbocycles. The van der Waals surface area contributed by atoms with E-state index in [0.29, 0.717) is 5.56 Å². The highest BCUT2D eigenvalue weighted by Crippen LogP contribution is 2.28. The van der Waals surface area contributed by atoms with Gasteiger partial charge >= 0.3 is 0 Å². The van der Waals surface area contributed by atoms with Crippen molar-refractivity contribution in [1.82, 2.24) is 9.29 Å². The summed E-state index contributed by atoms with van der Waals surface area (Å²) in [7, 11) is -1.72. The van der Waals surface area contributed by atoms with Crippen LogP contribution in [-0.2, 0) is 17.0 Å². The summed E-state index contributed by atoms with van der Waals surface area (Å²) in [5.41, 5.74) is 0.640. The number of carbonyl (C=O) groups is 1. The lowest BCUT2D eigenvalue weighted by Gasteiger charge is -2.18. The van der Waals surface area contributed by atoms with E-state index < -0.39 is 27.5 Å². The van der Waals surface area contributed by atoms with Gasteiger partial charge in [0.15, 0.2) is 11.6 Å². The van der Waals surface area contributed by atoms with Crippen molar-refractivity contribution in [1.29, 1.82) is 4.78 Å². The monoisotopic (exact) mass is 394 g/mol. The zero-order valence-corrected chi connectivity index (χ0v) is 15.9. The SMILES string of the molecule is CC(C)C1C=Cc2c(cn(C)c2C(=O)Nc2ccc(F)c(F)c2)S(=N)(=O)N1. The van der Waals surface area contributed by atoms with Crippen LogP contribution >= 0.6 is 0 Å². The second-order valence-electron chi connectivity index (χ2n) is 6.75. The fourth-order valence-corrected chi connectivity index (χ4v) is 4.55. The molecule has 9 heteroatoms. The van der Waals surface area contributed by atoms with E-state index in [2.05, 4.69) is 10.0 Å². The van der Waals surface area contributed by atoms with Gasteiger partial charge in [0.05, 0.1) is 4.90 Å². The molecule has 2 heterocycles. The van der Waals surface area contributed by atoms with Crippen LogP contribution in [0.25, 0.3) is 6.08 Å². The van der Waals surface area contributed by atoms with Crippen molar-refractivity contribution in [3.05, 3.63) is 53.4 Å². The van der Waals surface area contributed by atoms with Gasteiger partial charge in [-0.05, 0) is 18.1 Å². The Morgan fingerprint density at radius 1 is 1.33 bits per heavy atom. The molecule has 3 N–H and O–H groups in total. The number of carbonyl (C=O) groups excluding carboxylic acids is 1. The summed E-state index contributed by atoms with van der Waals surface area (Å²) in [4.78, 5) is 13.0. The minimum Gasteiger partial charge on any atom is -0.345 e. The predicted octanol–water partition coefficient (Wildman–Crippen LogP) is 3.52. The van der Waals surface area contributed by atoms with E-state index in [1.165, 1.54) is 16.8 Å². The molecule has 2 atom stereocenters. The van der Waals surface area contributed by atoms with Crippen LogP contribution < -0.4 is 10.0 Å². The minimum atomic E-state index is -3.32. The number of rotatable bonds is 3. The Morgan fingerprint density at radius 3 is 2.67 bits per heavy atom. The smallest absolute Gasteiger partial charge is 0.272 e. The highest BCUT2D eigenvalue weighted by molar-refractivity contribution is 7.90. The summed E-state index contributed by atoms with van der Waals surface area (Å²) >= 11 is 0. The molecule has 1 aliphatic heterocycles. The van der Waals surface area contributed by atoms with E-state index in [9.17, 15) is 17.8 Å². The minimum absolute atomic E-state index is 0.0937. The second kappa shape index (κ2) is 6.90. The normalized spacial score (nSPS) is 21.8. The summed E-state index contributed by atoms with van der Waals surface area (Å²) in [6.07, 6.45) is 4.93. The number of fused-ring (bicyclic) bond motifs is 1. The molecule has 27 heavy (non-hydrogen) atoms. The zero-order chi connectivity index (χ0) is 19.9. The van der Waals surface area contributed by atoms with E-state index >= 15 is 0 Å². The fraction of sp³-hybridized carbons (Fsp3) is 0.278. The molecule has 2 aromatic rings. The van der Waals surface area contributed by atoms with Gasteiger partial charge in [0, 0.05) is 36.6 Å². The number of benzene rings is 1. The Labute approximate surface area is 156 Å². The quantitative estimate of drug-likeness (QED) is 0.744. The van der Waals surface area contributed by atoms with Crippen LogP contribution in [0.15, 0.2) is 35.4 Å². The van der Waals surface area contributed by atoms with Crippen LogP contribution in [0.1, 0.15) is 29.9 Å². The molecule has 1 amide bonds. The molecular formula is C18H20F2N4O2S. The first-order chi connectivity index (χ1) is 12.6. The first kappa shape index (κ1) is 19.2. The number of hydrogen-bond donors (Lipinski definition) is 3. The average molecular weight is 394 g/mol. The first-order valence-corrected chi connectivity index (χ1v) is 9.86. The van der Waals surface area contributed by atoms with E-state index in [-0.39, 0.29) is 28.2 Å². The van der Waals surface area contributed by atoms with Crippen molar-refractivity contribution in [3.8, 4) is 0 Å². The Balaban J connectivity index is 2.03. The predicted molar refractivity (Wildman–Crippen MR) is 99.6 cm³/mol. The summed E-state index contributed by atoms with van der Waals surface area (Å²) in [6.45, 7) is 3.87. The van der Waals surface area contributed by atoms with Crippen LogP contribution in [0.4, 0.5) is 14.5 Å². The van der Waals surface area contributed by atoms with Crippen LogP contribution in [0.3, 0.4) is 0 Å². The van der Waals surface area contributed by atoms with E-state index in [1.807, 2.05) is 13.8 Å². The number of aromatic nitrogens is 1. The van der Waals surface area contributed by atoms with Crippen LogP contribution in [0.5, 0.6) is 0 Å². The van der Waals surface area contributed by atoms with E-state index in [1.54, 1.807) is 19.2 Å². The lowest BCUT2D eigenvalue weighted by Crippen LogP contribution is -2.35. The van der Waals surface area contributed by atoms with Crippen LogP contribution in [0, 0.1) is 22.3 Å². The summed E-state index contributed by atoms with van der Waals surface area (Å²) in [6, 6.07) is 2.77. The molecule has 0 aliphatic carbocycles. The van der Waals surface area contributed by atoms with E-state index in [4.69, 9.17) is 4.78 Å². The van der Waals surface area contributed by atoms with Crippen molar-refractivity contribution in [2.75, 3.05) is 5.32 Å². The highest BCUT2D eigenvalue weighted by Gasteiger charge is 2.29. The van der Waals surface area contributed by atoms with Crippen LogP contribution in [0.2, 0.25) is 0 Å². The molecule has 3 rings (SSSR count). The third-order valence-electron chi connectivity index (χ3n) is 4.38. The van der Waals surface area contributed by atoms with E-state index in [0.717, 1.165) is 12.1 Å². The van der Waals surface area contributed by atoms with Gasteiger partial charge in [0.1, 0.15) is 15.6 Å². The number of halogens is 2. The van der Waals surface area contributed by atoms with Gasteiger partial charge in [0.2, 0.25) is 0 Å². The molecule has 1 aliphatic rings. The molecule has 0 saturated carbocycles. The van der Waals surface area contributed by atoms with Crippen molar-refractivity contribution in [2.45, 2.75) is 24.8 Å². The molecule has 2 unspecified atom stereocenters. The van der Waals surface area contributed by atoms with Gasteiger partial charge in [-0.25, -0.2) is 22.5 Å². The molecule has 0 spiro atoms. The Morgan fingerprint density at radius 2 is 2.04 bits per heavy atom. The Bertz CT molecular complexity index is 1040. The molecule has 0 bridgehead atoms. The zero-order valence-electron chi connectivity index (χ0n) is 15.0. The summed E-state index contributed by atoms with van der Waals surface area (Å²) in [5, 5.41) is 2.51. The largest absolute Gasteiger partial charge is 0.345 e. The second-order valence-corrected chi connectivity index (χ2v) is 8.54. The lowest BCUT2D eigenvalue weighted by molar-refractivity contribution is 0.101. The molecule has 0 saturated heterocycles. The first-order valence-electron chi connectivity index (χ1n) is 8.30. The molecule has 0 radical (unpaired) electrons. The van der Waals surface area contributed by atoms with Crippen molar-refractivity contribution in [3.63, 3.8) is 0 Å². The van der Waals surface area contributed by atoms with Gasteiger partial charge in [-0.15, -0.1) is 0 Å². The number of amides is 1. The fourth-order valence-electron chi connectivity index (χ4n) is 2.91. The number of nitrogens with one attached hydrogen (secondary N) is 3. The molecule has 144 valence electrons. The van der Waals surface area contributed by atoms with Gasteiger partial charge in [-0.3, -0.25) is 4.79 Å². The topological polar surface area (TPSA) is 87.0 Å². The van der Waals surface area contributed by atoms with Gasteiger partial charge in [-0.2, -0.15) is 0 Å². The maximum absolute atomic E-state index is 13.4. The maximum atomic E-state index is 13.4.